The van der Waals surface area contributed by atoms with E-state index in [2.05, 4.69) is 57.5 Å². The molecule has 102 valence electrons. The maximum absolute atomic E-state index is 4.06. The molecule has 1 aromatic carbocycles. The molecule has 1 nitrogen and oxygen atoms in total. The van der Waals surface area contributed by atoms with Crippen LogP contribution >= 0.6 is 0 Å². The zero-order chi connectivity index (χ0) is 13.8. The molecule has 0 radical (unpaired) electrons. The second-order valence-corrected chi connectivity index (χ2v) is 7.51. The fraction of sp³-hybridized carbons (Fsp3) is 0.556. The Morgan fingerprint density at radius 2 is 1.95 bits per heavy atom. The molecule has 0 amide bonds. The third kappa shape index (κ3) is 2.04. The van der Waals surface area contributed by atoms with Crippen LogP contribution in [0, 0.1) is 0 Å². The molecule has 19 heavy (non-hydrogen) atoms. The van der Waals surface area contributed by atoms with Gasteiger partial charge in [-0.15, -0.1) is 0 Å². The molecule has 0 aromatic heterocycles. The Bertz CT molecular complexity index is 529. The van der Waals surface area contributed by atoms with Crippen LogP contribution in [0.25, 0.3) is 6.08 Å². The summed E-state index contributed by atoms with van der Waals surface area (Å²) >= 11 is 0. The van der Waals surface area contributed by atoms with Crippen molar-refractivity contribution in [3.05, 3.63) is 41.0 Å². The summed E-state index contributed by atoms with van der Waals surface area (Å²) in [4.78, 5) is 2.48. The first-order chi connectivity index (χ1) is 8.86. The van der Waals surface area contributed by atoms with Gasteiger partial charge < -0.3 is 4.90 Å². The molecular weight excluding hydrogens is 230 g/mol. The lowest BCUT2D eigenvalue weighted by Crippen LogP contribution is -2.36. The average molecular weight is 255 g/mol. The van der Waals surface area contributed by atoms with Gasteiger partial charge >= 0.3 is 0 Å². The topological polar surface area (TPSA) is 3.24 Å². The van der Waals surface area contributed by atoms with Crippen molar-refractivity contribution < 1.29 is 0 Å². The Hall–Kier alpha value is -1.08. The van der Waals surface area contributed by atoms with Crippen molar-refractivity contribution in [2.24, 2.45) is 0 Å². The molecule has 1 aliphatic carbocycles. The van der Waals surface area contributed by atoms with Crippen molar-refractivity contribution in [2.75, 3.05) is 13.6 Å². The zero-order valence-corrected chi connectivity index (χ0v) is 12.7. The quantitative estimate of drug-likeness (QED) is 0.730. The Kier molecular flexibility index (Phi) is 2.69. The van der Waals surface area contributed by atoms with Crippen LogP contribution in [0.5, 0.6) is 0 Å². The first kappa shape index (κ1) is 12.9. The molecule has 1 saturated carbocycles. The van der Waals surface area contributed by atoms with E-state index in [9.17, 15) is 0 Å². The van der Waals surface area contributed by atoms with E-state index in [1.165, 1.54) is 36.1 Å². The highest BCUT2D eigenvalue weighted by atomic mass is 15.1. The van der Waals surface area contributed by atoms with Crippen molar-refractivity contribution in [3.8, 4) is 0 Å². The largest absolute Gasteiger partial charge is 0.301 e. The van der Waals surface area contributed by atoms with E-state index in [-0.39, 0.29) is 5.41 Å². The lowest BCUT2D eigenvalue weighted by atomic mass is 9.78. The Morgan fingerprint density at radius 3 is 2.47 bits per heavy atom. The van der Waals surface area contributed by atoms with Crippen molar-refractivity contribution in [1.29, 1.82) is 0 Å². The molecule has 0 bridgehead atoms. The number of hydrogen-bond donors (Lipinski definition) is 0. The van der Waals surface area contributed by atoms with Gasteiger partial charge in [-0.3, -0.25) is 0 Å². The Balaban J connectivity index is 2.20. The summed E-state index contributed by atoms with van der Waals surface area (Å²) in [7, 11) is 2.25. The minimum atomic E-state index is 0.208. The van der Waals surface area contributed by atoms with Gasteiger partial charge in [0.1, 0.15) is 0 Å². The summed E-state index contributed by atoms with van der Waals surface area (Å²) in [5.41, 5.74) is 6.62. The van der Waals surface area contributed by atoms with Crippen LogP contribution in [0.3, 0.4) is 0 Å². The molecule has 0 unspecified atom stereocenters. The third-order valence-electron chi connectivity index (χ3n) is 4.73. The maximum atomic E-state index is 4.06. The van der Waals surface area contributed by atoms with Crippen LogP contribution < -0.4 is 0 Å². The van der Waals surface area contributed by atoms with E-state index in [1.807, 2.05) is 0 Å². The summed E-state index contributed by atoms with van der Waals surface area (Å²) in [6.07, 6.45) is 4.76. The summed E-state index contributed by atoms with van der Waals surface area (Å²) in [6.45, 7) is 13.2. The van der Waals surface area contributed by atoms with Crippen LogP contribution in [0.15, 0.2) is 18.7 Å². The van der Waals surface area contributed by atoms with E-state index in [1.54, 1.807) is 5.56 Å². The van der Waals surface area contributed by atoms with Gasteiger partial charge in [0.2, 0.25) is 0 Å². The van der Waals surface area contributed by atoms with Crippen LogP contribution in [-0.4, -0.2) is 18.5 Å². The first-order valence-corrected chi connectivity index (χ1v) is 7.35. The molecule has 2 aliphatic rings. The number of benzene rings is 1. The van der Waals surface area contributed by atoms with Gasteiger partial charge in [-0.05, 0) is 47.6 Å². The minimum absolute atomic E-state index is 0.208. The molecule has 1 heteroatoms. The smallest absolute Gasteiger partial charge is 0.0234 e. The summed E-state index contributed by atoms with van der Waals surface area (Å²) in [5.74, 6) is 0. The second kappa shape index (κ2) is 3.96. The highest BCUT2D eigenvalue weighted by Gasteiger charge is 2.49. The highest BCUT2D eigenvalue weighted by molar-refractivity contribution is 5.61. The maximum Gasteiger partial charge on any atom is 0.0234 e. The van der Waals surface area contributed by atoms with Gasteiger partial charge in [0, 0.05) is 18.5 Å². The SMILES string of the molecule is C=Cc1cc(C(C)(C)C)cc2c1C1(CC1)CN(C)C2. The Labute approximate surface area is 117 Å². The predicted molar refractivity (Wildman–Crippen MR) is 82.5 cm³/mol. The summed E-state index contributed by atoms with van der Waals surface area (Å²) in [5, 5.41) is 0. The van der Waals surface area contributed by atoms with Crippen molar-refractivity contribution >= 4 is 6.08 Å². The van der Waals surface area contributed by atoms with E-state index < -0.39 is 0 Å². The monoisotopic (exact) mass is 255 g/mol. The average Bonchev–Trinajstić information content (AvgIpc) is 3.06. The second-order valence-electron chi connectivity index (χ2n) is 7.51. The molecule has 3 rings (SSSR count). The van der Waals surface area contributed by atoms with E-state index in [4.69, 9.17) is 0 Å². The van der Waals surface area contributed by atoms with Crippen LogP contribution in [0.4, 0.5) is 0 Å². The lowest BCUT2D eigenvalue weighted by Gasteiger charge is -2.35. The molecule has 1 aromatic rings. The Morgan fingerprint density at radius 1 is 1.26 bits per heavy atom. The van der Waals surface area contributed by atoms with E-state index in [0.717, 1.165) is 6.54 Å². The zero-order valence-electron chi connectivity index (χ0n) is 12.7. The van der Waals surface area contributed by atoms with E-state index in [0.29, 0.717) is 5.41 Å². The number of likely N-dealkylation sites (N-methyl/N-ethyl adjacent to an activating group) is 1. The predicted octanol–water partition coefficient (Wildman–Crippen LogP) is 4.10. The molecule has 1 aliphatic heterocycles. The van der Waals surface area contributed by atoms with Gasteiger partial charge in [-0.25, -0.2) is 0 Å². The molecule has 1 heterocycles. The number of hydrogen-bond acceptors (Lipinski definition) is 1. The van der Waals surface area contributed by atoms with Crippen LogP contribution in [0.2, 0.25) is 0 Å². The van der Waals surface area contributed by atoms with Gasteiger partial charge in [-0.1, -0.05) is 45.6 Å². The molecule has 1 fully saturated rings. The standard InChI is InChI=1S/C18H25N/c1-6-13-9-15(17(2,3)4)10-14-11-19(5)12-18(7-8-18)16(13)14/h6,9-10H,1,7-8,11-12H2,2-5H3. The van der Waals surface area contributed by atoms with Crippen molar-refractivity contribution in [2.45, 2.75) is 51.0 Å². The van der Waals surface area contributed by atoms with Gasteiger partial charge in [0.05, 0.1) is 0 Å². The van der Waals surface area contributed by atoms with Gasteiger partial charge in [0.25, 0.3) is 0 Å². The minimum Gasteiger partial charge on any atom is -0.301 e. The summed E-state index contributed by atoms with van der Waals surface area (Å²) in [6, 6.07) is 4.81. The third-order valence-corrected chi connectivity index (χ3v) is 4.73. The molecule has 0 N–H and O–H groups in total. The molecule has 1 spiro atoms. The fourth-order valence-electron chi connectivity index (χ4n) is 3.59. The number of nitrogens with zero attached hydrogens (tertiary/aromatic N) is 1. The number of fused-ring (bicyclic) bond motifs is 2. The molecule has 0 saturated heterocycles. The van der Waals surface area contributed by atoms with Gasteiger partial charge in [-0.2, -0.15) is 0 Å². The lowest BCUT2D eigenvalue weighted by molar-refractivity contribution is 0.270. The summed E-state index contributed by atoms with van der Waals surface area (Å²) < 4.78 is 0. The molecule has 0 atom stereocenters. The van der Waals surface area contributed by atoms with Crippen molar-refractivity contribution in [1.82, 2.24) is 4.90 Å². The molecular formula is C18H25N. The fourth-order valence-corrected chi connectivity index (χ4v) is 3.59. The number of rotatable bonds is 1. The van der Waals surface area contributed by atoms with Crippen LogP contribution in [0.1, 0.15) is 55.9 Å². The normalized spacial score (nSPS) is 21.3. The van der Waals surface area contributed by atoms with Gasteiger partial charge in [0.15, 0.2) is 0 Å². The van der Waals surface area contributed by atoms with E-state index >= 15 is 0 Å². The van der Waals surface area contributed by atoms with Crippen LogP contribution in [-0.2, 0) is 17.4 Å². The highest BCUT2D eigenvalue weighted by Crippen LogP contribution is 2.54. The first-order valence-electron chi connectivity index (χ1n) is 7.35. The van der Waals surface area contributed by atoms with Crippen molar-refractivity contribution in [3.63, 3.8) is 0 Å².